The van der Waals surface area contributed by atoms with Crippen molar-refractivity contribution in [2.75, 3.05) is 0 Å². The van der Waals surface area contributed by atoms with Gasteiger partial charge < -0.3 is 10.2 Å². The van der Waals surface area contributed by atoms with E-state index in [0.717, 1.165) is 0 Å². The van der Waals surface area contributed by atoms with Crippen LogP contribution in [0.4, 0.5) is 0 Å². The van der Waals surface area contributed by atoms with Crippen LogP contribution in [0.2, 0.25) is 0 Å². The summed E-state index contributed by atoms with van der Waals surface area (Å²) < 4.78 is 0.472. The molecule has 0 saturated heterocycles. The number of Topliss-reactive ketones (excluding diaryl/α,β-unsaturated/α-hetero) is 1. The predicted molar refractivity (Wildman–Crippen MR) is 61.1 cm³/mol. The lowest BCUT2D eigenvalue weighted by Gasteiger charge is -2.11. The third-order valence-corrected chi connectivity index (χ3v) is 3.04. The molecule has 0 saturated carbocycles. The van der Waals surface area contributed by atoms with Crippen molar-refractivity contribution in [1.82, 2.24) is 0 Å². The molecule has 0 amide bonds. The Balaban J connectivity index is 3.13. The quantitative estimate of drug-likeness (QED) is 0.883. The van der Waals surface area contributed by atoms with E-state index < -0.39 is 12.1 Å². The smallest absolute Gasteiger partial charge is 0.337 e. The van der Waals surface area contributed by atoms with E-state index in [-0.39, 0.29) is 17.8 Å². The zero-order valence-electron chi connectivity index (χ0n) is 8.61. The lowest BCUT2D eigenvalue weighted by atomic mass is 10.0. The summed E-state index contributed by atoms with van der Waals surface area (Å²) in [6, 6.07) is 4.83. The van der Waals surface area contributed by atoms with Crippen molar-refractivity contribution < 1.29 is 19.8 Å². The van der Waals surface area contributed by atoms with E-state index in [4.69, 9.17) is 5.11 Å². The molecule has 0 bridgehead atoms. The second-order valence-corrected chi connectivity index (χ2v) is 4.23. The standard InChI is InChI=1S/C11H11BrO4/c1-6(13)5-7-3-2-4-8(9(7)12)10(14)11(15)16/h2-4,10,14H,5H2,1H3,(H,15,16). The number of rotatable bonds is 4. The number of halogens is 1. The number of carbonyl (C=O) groups is 2. The van der Waals surface area contributed by atoms with Gasteiger partial charge in [-0.3, -0.25) is 4.79 Å². The van der Waals surface area contributed by atoms with E-state index in [9.17, 15) is 14.7 Å². The average molecular weight is 287 g/mol. The first-order valence-corrected chi connectivity index (χ1v) is 5.40. The Kier molecular flexibility index (Phi) is 4.20. The number of aliphatic carboxylic acids is 1. The van der Waals surface area contributed by atoms with Crippen LogP contribution in [0.3, 0.4) is 0 Å². The highest BCUT2D eigenvalue weighted by molar-refractivity contribution is 9.10. The maximum atomic E-state index is 11.0. The summed E-state index contributed by atoms with van der Waals surface area (Å²) in [5, 5.41) is 18.1. The van der Waals surface area contributed by atoms with E-state index in [1.165, 1.54) is 13.0 Å². The van der Waals surface area contributed by atoms with Crippen molar-refractivity contribution in [2.24, 2.45) is 0 Å². The number of carboxylic acids is 1. The summed E-state index contributed by atoms with van der Waals surface area (Å²) in [5.74, 6) is -1.34. The second-order valence-electron chi connectivity index (χ2n) is 3.44. The van der Waals surface area contributed by atoms with Crippen molar-refractivity contribution in [1.29, 1.82) is 0 Å². The molecule has 0 aliphatic rings. The molecule has 0 aromatic heterocycles. The molecule has 1 aromatic carbocycles. The van der Waals surface area contributed by atoms with Crippen LogP contribution >= 0.6 is 15.9 Å². The van der Waals surface area contributed by atoms with Crippen molar-refractivity contribution in [3.8, 4) is 0 Å². The predicted octanol–water partition coefficient (Wildman–Crippen LogP) is 1.70. The number of hydrogen-bond donors (Lipinski definition) is 2. The molecular formula is C11H11BrO4. The molecule has 2 N–H and O–H groups in total. The normalized spacial score (nSPS) is 12.2. The van der Waals surface area contributed by atoms with E-state index in [2.05, 4.69) is 15.9 Å². The van der Waals surface area contributed by atoms with Crippen LogP contribution < -0.4 is 0 Å². The Morgan fingerprint density at radius 3 is 2.56 bits per heavy atom. The minimum atomic E-state index is -1.58. The minimum absolute atomic E-state index is 0.0253. The first kappa shape index (κ1) is 12.9. The molecule has 1 unspecified atom stereocenters. The van der Waals surface area contributed by atoms with E-state index in [1.807, 2.05) is 0 Å². The maximum Gasteiger partial charge on any atom is 0.337 e. The van der Waals surface area contributed by atoms with Gasteiger partial charge in [0.2, 0.25) is 0 Å². The molecule has 0 fully saturated rings. The highest BCUT2D eigenvalue weighted by Crippen LogP contribution is 2.27. The van der Waals surface area contributed by atoms with Gasteiger partial charge in [-0.2, -0.15) is 0 Å². The van der Waals surface area contributed by atoms with E-state index in [0.29, 0.717) is 10.0 Å². The first-order valence-electron chi connectivity index (χ1n) is 4.61. The largest absolute Gasteiger partial charge is 0.479 e. The first-order chi connectivity index (χ1) is 7.43. The molecule has 16 heavy (non-hydrogen) atoms. The maximum absolute atomic E-state index is 11.0. The topological polar surface area (TPSA) is 74.6 Å². The third kappa shape index (κ3) is 2.90. The fourth-order valence-electron chi connectivity index (χ4n) is 1.35. The van der Waals surface area contributed by atoms with Crippen molar-refractivity contribution in [3.05, 3.63) is 33.8 Å². The van der Waals surface area contributed by atoms with E-state index >= 15 is 0 Å². The number of carboxylic acid groups (broad SMARTS) is 1. The van der Waals surface area contributed by atoms with Gasteiger partial charge in [0.15, 0.2) is 6.10 Å². The number of aliphatic hydroxyl groups excluding tert-OH is 1. The van der Waals surface area contributed by atoms with Gasteiger partial charge >= 0.3 is 5.97 Å². The highest BCUT2D eigenvalue weighted by atomic mass is 79.9. The summed E-state index contributed by atoms with van der Waals surface area (Å²) in [4.78, 5) is 21.6. The molecule has 0 aliphatic heterocycles. The molecule has 1 aromatic rings. The minimum Gasteiger partial charge on any atom is -0.479 e. The lowest BCUT2D eigenvalue weighted by molar-refractivity contribution is -0.147. The van der Waals surface area contributed by atoms with Crippen LogP contribution in [-0.2, 0) is 16.0 Å². The van der Waals surface area contributed by atoms with Gasteiger partial charge in [0.05, 0.1) is 0 Å². The van der Waals surface area contributed by atoms with Crippen molar-refractivity contribution >= 4 is 27.7 Å². The Hall–Kier alpha value is -1.20. The number of carbonyl (C=O) groups excluding carboxylic acids is 1. The fraction of sp³-hybridized carbons (Fsp3) is 0.273. The van der Waals surface area contributed by atoms with Gasteiger partial charge in [-0.1, -0.05) is 34.1 Å². The van der Waals surface area contributed by atoms with Gasteiger partial charge in [0.1, 0.15) is 5.78 Å². The van der Waals surface area contributed by atoms with Gasteiger partial charge in [0.25, 0.3) is 0 Å². The molecule has 0 spiro atoms. The van der Waals surface area contributed by atoms with Crippen LogP contribution in [0.5, 0.6) is 0 Å². The average Bonchev–Trinajstić information content (AvgIpc) is 2.19. The van der Waals surface area contributed by atoms with Crippen molar-refractivity contribution in [3.63, 3.8) is 0 Å². The van der Waals surface area contributed by atoms with E-state index in [1.54, 1.807) is 12.1 Å². The molecule has 0 heterocycles. The summed E-state index contributed by atoms with van der Waals surface area (Å²) >= 11 is 3.20. The third-order valence-electron chi connectivity index (χ3n) is 2.08. The molecule has 4 nitrogen and oxygen atoms in total. The highest BCUT2D eigenvalue weighted by Gasteiger charge is 2.20. The van der Waals surface area contributed by atoms with Crippen LogP contribution in [-0.4, -0.2) is 22.0 Å². The fourth-order valence-corrected chi connectivity index (χ4v) is 1.97. The van der Waals surface area contributed by atoms with Gasteiger partial charge in [-0.05, 0) is 12.5 Å². The monoisotopic (exact) mass is 286 g/mol. The number of aliphatic hydroxyl groups is 1. The summed E-state index contributed by atoms with van der Waals surface area (Å²) in [6.07, 6.45) is -1.37. The molecule has 0 radical (unpaired) electrons. The van der Waals surface area contributed by atoms with Crippen LogP contribution in [0, 0.1) is 0 Å². The molecule has 0 aliphatic carbocycles. The van der Waals surface area contributed by atoms with Crippen LogP contribution in [0.15, 0.2) is 22.7 Å². The lowest BCUT2D eigenvalue weighted by Crippen LogP contribution is -2.12. The van der Waals surface area contributed by atoms with Crippen molar-refractivity contribution in [2.45, 2.75) is 19.4 Å². The van der Waals surface area contributed by atoms with Crippen LogP contribution in [0.25, 0.3) is 0 Å². The second kappa shape index (κ2) is 5.23. The zero-order chi connectivity index (χ0) is 12.3. The molecule has 1 atom stereocenters. The molecule has 1 rings (SSSR count). The summed E-state index contributed by atoms with van der Waals surface area (Å²) in [5.41, 5.74) is 0.927. The van der Waals surface area contributed by atoms with Gasteiger partial charge in [-0.25, -0.2) is 4.79 Å². The number of benzene rings is 1. The summed E-state index contributed by atoms with van der Waals surface area (Å²) in [6.45, 7) is 1.45. The Morgan fingerprint density at radius 1 is 1.44 bits per heavy atom. The number of ketones is 1. The van der Waals surface area contributed by atoms with Crippen LogP contribution in [0.1, 0.15) is 24.2 Å². The Bertz CT molecular complexity index is 428. The van der Waals surface area contributed by atoms with Gasteiger partial charge in [-0.15, -0.1) is 0 Å². The molecular weight excluding hydrogens is 276 g/mol. The zero-order valence-corrected chi connectivity index (χ0v) is 10.2. The SMILES string of the molecule is CC(=O)Cc1cccc(C(O)C(=O)O)c1Br. The Morgan fingerprint density at radius 2 is 2.06 bits per heavy atom. The molecule has 86 valence electrons. The summed E-state index contributed by atoms with van der Waals surface area (Å²) in [7, 11) is 0. The molecule has 5 heteroatoms. The number of hydrogen-bond acceptors (Lipinski definition) is 3. The van der Waals surface area contributed by atoms with Gasteiger partial charge in [0, 0.05) is 16.5 Å². The Labute approximate surface area is 101 Å².